The van der Waals surface area contributed by atoms with Crippen LogP contribution in [-0.4, -0.2) is 41.3 Å². The monoisotopic (exact) mass is 482 g/mol. The summed E-state index contributed by atoms with van der Waals surface area (Å²) in [7, 11) is -3.25. The van der Waals surface area contributed by atoms with E-state index in [1.165, 1.54) is 34.9 Å². The molecule has 11 heteroatoms. The SMILES string of the molecule is Cc1cccn2c(=O)c(/C=C(\C#N)C(=O)N[C@H]3CCS(=O)(=O)C3)c(Oc3ccccc3F)nc12. The van der Waals surface area contributed by atoms with Crippen LogP contribution in [0.2, 0.25) is 0 Å². The van der Waals surface area contributed by atoms with Gasteiger partial charge in [0.25, 0.3) is 11.5 Å². The van der Waals surface area contributed by atoms with E-state index in [9.17, 15) is 27.7 Å². The zero-order chi connectivity index (χ0) is 24.5. The summed E-state index contributed by atoms with van der Waals surface area (Å²) in [6.45, 7) is 1.73. The molecular formula is C23H19FN4O5S. The molecule has 3 aromatic rings. The molecule has 0 radical (unpaired) electrons. The summed E-state index contributed by atoms with van der Waals surface area (Å²) in [5.41, 5.74) is -0.417. The molecule has 1 saturated heterocycles. The van der Waals surface area contributed by atoms with Gasteiger partial charge in [0.1, 0.15) is 22.9 Å². The van der Waals surface area contributed by atoms with E-state index in [-0.39, 0.29) is 40.8 Å². The van der Waals surface area contributed by atoms with Gasteiger partial charge in [-0.2, -0.15) is 10.2 Å². The molecule has 1 aliphatic heterocycles. The summed E-state index contributed by atoms with van der Waals surface area (Å²) < 4.78 is 44.4. The molecule has 174 valence electrons. The molecular weight excluding hydrogens is 463 g/mol. The average molecular weight is 482 g/mol. The van der Waals surface area contributed by atoms with Gasteiger partial charge in [0.2, 0.25) is 5.88 Å². The lowest BCUT2D eigenvalue weighted by atomic mass is 10.1. The molecule has 9 nitrogen and oxygen atoms in total. The average Bonchev–Trinajstić information content (AvgIpc) is 3.13. The molecule has 1 aromatic carbocycles. The van der Waals surface area contributed by atoms with E-state index in [0.29, 0.717) is 5.56 Å². The van der Waals surface area contributed by atoms with E-state index in [1.54, 1.807) is 25.1 Å². The predicted molar refractivity (Wildman–Crippen MR) is 121 cm³/mol. The molecule has 1 atom stereocenters. The minimum atomic E-state index is -3.25. The van der Waals surface area contributed by atoms with Crippen LogP contribution in [0.3, 0.4) is 0 Å². The topological polar surface area (TPSA) is 131 Å². The third-order valence-electron chi connectivity index (χ3n) is 5.31. The van der Waals surface area contributed by atoms with Crippen molar-refractivity contribution < 1.29 is 22.3 Å². The molecule has 0 saturated carbocycles. The van der Waals surface area contributed by atoms with Crippen molar-refractivity contribution in [1.29, 1.82) is 5.26 Å². The molecule has 2 aromatic heterocycles. The van der Waals surface area contributed by atoms with Crippen molar-refractivity contribution in [3.8, 4) is 17.7 Å². The first-order valence-corrected chi connectivity index (χ1v) is 12.1. The molecule has 1 fully saturated rings. The number of carbonyl (C=O) groups excluding carboxylic acids is 1. The number of pyridine rings is 1. The number of nitrogens with zero attached hydrogens (tertiary/aromatic N) is 3. The summed E-state index contributed by atoms with van der Waals surface area (Å²) in [4.78, 5) is 30.3. The molecule has 0 spiro atoms. The Balaban J connectivity index is 1.81. The Kier molecular flexibility index (Phi) is 6.17. The molecule has 1 N–H and O–H groups in total. The standard InChI is InChI=1S/C23H19FN4O5S/c1-14-5-4-9-28-20(14)27-22(33-19-7-3-2-6-18(19)24)17(23(28)30)11-15(12-25)21(29)26-16-8-10-34(31,32)13-16/h2-7,9,11,16H,8,10,13H2,1H3,(H,26,29)/b15-11+/t16-/m0/s1. The smallest absolute Gasteiger partial charge is 0.269 e. The first-order valence-electron chi connectivity index (χ1n) is 10.3. The van der Waals surface area contributed by atoms with Gasteiger partial charge in [-0.1, -0.05) is 18.2 Å². The number of halogens is 1. The van der Waals surface area contributed by atoms with E-state index in [1.807, 2.05) is 0 Å². The molecule has 34 heavy (non-hydrogen) atoms. The van der Waals surface area contributed by atoms with Crippen LogP contribution in [0.25, 0.3) is 11.7 Å². The van der Waals surface area contributed by atoms with Crippen molar-refractivity contribution in [3.63, 3.8) is 0 Å². The van der Waals surface area contributed by atoms with E-state index in [2.05, 4.69) is 10.3 Å². The van der Waals surface area contributed by atoms with Gasteiger partial charge in [0.15, 0.2) is 21.4 Å². The van der Waals surface area contributed by atoms with E-state index >= 15 is 0 Å². The van der Waals surface area contributed by atoms with Crippen LogP contribution >= 0.6 is 0 Å². The summed E-state index contributed by atoms with van der Waals surface area (Å²) in [5.74, 6) is -2.28. The minimum Gasteiger partial charge on any atom is -0.435 e. The van der Waals surface area contributed by atoms with Crippen LogP contribution in [0, 0.1) is 24.1 Å². The van der Waals surface area contributed by atoms with Crippen molar-refractivity contribution in [3.05, 3.63) is 75.5 Å². The van der Waals surface area contributed by atoms with Crippen molar-refractivity contribution in [2.24, 2.45) is 0 Å². The number of nitrogens with one attached hydrogen (secondary N) is 1. The van der Waals surface area contributed by atoms with E-state index in [0.717, 1.165) is 6.08 Å². The fraction of sp³-hybridized carbons (Fsp3) is 0.217. The lowest BCUT2D eigenvalue weighted by Crippen LogP contribution is -2.36. The number of para-hydroxylation sites is 1. The maximum absolute atomic E-state index is 14.2. The van der Waals surface area contributed by atoms with Gasteiger partial charge in [-0.05, 0) is 43.2 Å². The number of amides is 1. The van der Waals surface area contributed by atoms with E-state index in [4.69, 9.17) is 4.74 Å². The van der Waals surface area contributed by atoms with Crippen molar-refractivity contribution in [1.82, 2.24) is 14.7 Å². The number of nitriles is 1. The summed E-state index contributed by atoms with van der Waals surface area (Å²) in [6, 6.07) is 9.99. The number of benzene rings is 1. The second-order valence-electron chi connectivity index (χ2n) is 7.80. The van der Waals surface area contributed by atoms with Gasteiger partial charge in [0.05, 0.1) is 11.5 Å². The Morgan fingerprint density at radius 3 is 2.76 bits per heavy atom. The summed E-state index contributed by atoms with van der Waals surface area (Å²) >= 11 is 0. The highest BCUT2D eigenvalue weighted by Gasteiger charge is 2.30. The Bertz CT molecular complexity index is 1540. The lowest BCUT2D eigenvalue weighted by Gasteiger charge is -2.13. The number of rotatable bonds is 5. The largest absolute Gasteiger partial charge is 0.435 e. The van der Waals surface area contributed by atoms with Gasteiger partial charge in [-0.3, -0.25) is 14.0 Å². The van der Waals surface area contributed by atoms with Gasteiger partial charge >= 0.3 is 0 Å². The summed E-state index contributed by atoms with van der Waals surface area (Å²) in [6.07, 6.45) is 2.71. The number of sulfone groups is 1. The Morgan fingerprint density at radius 1 is 1.32 bits per heavy atom. The van der Waals surface area contributed by atoms with Crippen LogP contribution < -0.4 is 15.6 Å². The quantitative estimate of drug-likeness (QED) is 0.435. The maximum atomic E-state index is 14.2. The van der Waals surface area contributed by atoms with Crippen molar-refractivity contribution >= 4 is 27.5 Å². The summed E-state index contributed by atoms with van der Waals surface area (Å²) in [5, 5.41) is 12.1. The van der Waals surface area contributed by atoms with Crippen molar-refractivity contribution in [2.45, 2.75) is 19.4 Å². The minimum absolute atomic E-state index is 0.0561. The highest BCUT2D eigenvalue weighted by atomic mass is 32.2. The fourth-order valence-electron chi connectivity index (χ4n) is 3.59. The van der Waals surface area contributed by atoms with Gasteiger partial charge in [-0.25, -0.2) is 12.8 Å². The van der Waals surface area contributed by atoms with Crippen LogP contribution in [0.4, 0.5) is 4.39 Å². The number of fused-ring (bicyclic) bond motifs is 1. The lowest BCUT2D eigenvalue weighted by molar-refractivity contribution is -0.117. The third-order valence-corrected chi connectivity index (χ3v) is 7.08. The zero-order valence-corrected chi connectivity index (χ0v) is 18.8. The number of aryl methyl sites for hydroxylation is 1. The second-order valence-corrected chi connectivity index (χ2v) is 10.0. The Labute approximate surface area is 194 Å². The molecule has 0 unspecified atom stereocenters. The number of ether oxygens (including phenoxy) is 1. The number of hydrogen-bond donors (Lipinski definition) is 1. The van der Waals surface area contributed by atoms with E-state index < -0.39 is 38.7 Å². The van der Waals surface area contributed by atoms with Gasteiger partial charge in [0, 0.05) is 12.2 Å². The molecule has 0 aliphatic carbocycles. The normalized spacial score (nSPS) is 17.3. The van der Waals surface area contributed by atoms with Gasteiger partial charge in [-0.15, -0.1) is 0 Å². The molecule has 0 bridgehead atoms. The Morgan fingerprint density at radius 2 is 2.09 bits per heavy atom. The zero-order valence-electron chi connectivity index (χ0n) is 18.0. The van der Waals surface area contributed by atoms with Gasteiger partial charge < -0.3 is 10.1 Å². The molecule has 3 heterocycles. The molecule has 1 aliphatic rings. The van der Waals surface area contributed by atoms with Crippen molar-refractivity contribution in [2.75, 3.05) is 11.5 Å². The Hall–Kier alpha value is -4.04. The molecule has 1 amide bonds. The highest BCUT2D eigenvalue weighted by Crippen LogP contribution is 2.26. The van der Waals surface area contributed by atoms with Crippen LogP contribution in [0.15, 0.2) is 53.0 Å². The highest BCUT2D eigenvalue weighted by molar-refractivity contribution is 7.91. The van der Waals surface area contributed by atoms with Crippen LogP contribution in [-0.2, 0) is 14.6 Å². The van der Waals surface area contributed by atoms with Crippen LogP contribution in [0.5, 0.6) is 11.6 Å². The first kappa shape index (κ1) is 23.1. The number of hydrogen-bond acceptors (Lipinski definition) is 7. The predicted octanol–water partition coefficient (Wildman–Crippen LogP) is 2.14. The maximum Gasteiger partial charge on any atom is 0.269 e. The fourth-order valence-corrected chi connectivity index (χ4v) is 5.26. The van der Waals surface area contributed by atoms with Crippen LogP contribution in [0.1, 0.15) is 17.5 Å². The molecule has 4 rings (SSSR count). The first-order chi connectivity index (χ1) is 16.2. The number of aromatic nitrogens is 2. The third kappa shape index (κ3) is 4.67. The number of carbonyl (C=O) groups is 1. The second kappa shape index (κ2) is 9.07.